The number of carbonyl (C=O) groups is 1. The summed E-state index contributed by atoms with van der Waals surface area (Å²) in [4.78, 5) is 16.6. The van der Waals surface area contributed by atoms with Crippen LogP contribution in [0, 0.1) is 0 Å². The summed E-state index contributed by atoms with van der Waals surface area (Å²) in [5.41, 5.74) is 1.70. The molecule has 0 spiro atoms. The summed E-state index contributed by atoms with van der Waals surface area (Å²) in [5.74, 6) is 0. The number of urea groups is 1. The van der Waals surface area contributed by atoms with E-state index < -0.39 is 10.0 Å². The zero-order valence-corrected chi connectivity index (χ0v) is 17.1. The van der Waals surface area contributed by atoms with Gasteiger partial charge in [0.1, 0.15) is 0 Å². The Labute approximate surface area is 170 Å². The van der Waals surface area contributed by atoms with Crippen LogP contribution in [-0.2, 0) is 16.6 Å². The zero-order chi connectivity index (χ0) is 20.1. The van der Waals surface area contributed by atoms with Gasteiger partial charge in [-0.15, -0.1) is 0 Å². The number of nitrogens with one attached hydrogen (secondary N) is 2. The van der Waals surface area contributed by atoms with E-state index in [-0.39, 0.29) is 17.5 Å². The van der Waals surface area contributed by atoms with Gasteiger partial charge < -0.3 is 15.1 Å². The first kappa shape index (κ1) is 20.4. The number of hydrogen-bond acceptors (Lipinski definition) is 4. The predicted molar refractivity (Wildman–Crippen MR) is 110 cm³/mol. The first-order valence-electron chi connectivity index (χ1n) is 8.95. The monoisotopic (exact) mass is 422 g/mol. The standard InChI is InChI=1S/C19H23ClN4O3S/c1-21-28(26,27)16-6-4-5-15(13-16)14-22-19(25)24-11-9-23(10-12-24)18-8-3-2-7-17(18)20/h2-8,13,21H,9-12,14H2,1H3,(H,22,25). The number of amides is 2. The van der Waals surface area contributed by atoms with Crippen LogP contribution < -0.4 is 14.9 Å². The maximum Gasteiger partial charge on any atom is 0.317 e. The Morgan fingerprint density at radius 1 is 1.07 bits per heavy atom. The fraction of sp³-hybridized carbons (Fsp3) is 0.316. The van der Waals surface area contributed by atoms with E-state index in [2.05, 4.69) is 14.9 Å². The summed E-state index contributed by atoms with van der Waals surface area (Å²) in [7, 11) is -2.14. The van der Waals surface area contributed by atoms with Crippen molar-refractivity contribution in [1.29, 1.82) is 0 Å². The molecular formula is C19H23ClN4O3S. The van der Waals surface area contributed by atoms with Crippen molar-refractivity contribution in [2.45, 2.75) is 11.4 Å². The predicted octanol–water partition coefficient (Wildman–Crippen LogP) is 2.28. The van der Waals surface area contributed by atoms with Gasteiger partial charge in [-0.2, -0.15) is 0 Å². The van der Waals surface area contributed by atoms with E-state index >= 15 is 0 Å². The number of carbonyl (C=O) groups excluding carboxylic acids is 1. The van der Waals surface area contributed by atoms with E-state index in [1.165, 1.54) is 13.1 Å². The van der Waals surface area contributed by atoms with Gasteiger partial charge in [0.05, 0.1) is 15.6 Å². The maximum atomic E-state index is 12.5. The average Bonchev–Trinajstić information content (AvgIpc) is 2.73. The molecule has 150 valence electrons. The fourth-order valence-electron chi connectivity index (χ4n) is 3.09. The molecule has 1 aliphatic rings. The molecule has 0 aromatic heterocycles. The van der Waals surface area contributed by atoms with Crippen LogP contribution in [0.4, 0.5) is 10.5 Å². The van der Waals surface area contributed by atoms with Gasteiger partial charge in [0.15, 0.2) is 0 Å². The number of benzene rings is 2. The Balaban J connectivity index is 1.54. The minimum Gasteiger partial charge on any atom is -0.367 e. The average molecular weight is 423 g/mol. The lowest BCUT2D eigenvalue weighted by Gasteiger charge is -2.36. The zero-order valence-electron chi connectivity index (χ0n) is 15.6. The van der Waals surface area contributed by atoms with E-state index in [1.54, 1.807) is 23.1 Å². The molecule has 0 atom stereocenters. The lowest BCUT2D eigenvalue weighted by Crippen LogP contribution is -2.51. The highest BCUT2D eigenvalue weighted by Gasteiger charge is 2.22. The molecule has 1 aliphatic heterocycles. The third-order valence-corrected chi connectivity index (χ3v) is 6.41. The molecule has 0 bridgehead atoms. The molecule has 1 saturated heterocycles. The number of para-hydroxylation sites is 1. The van der Waals surface area contributed by atoms with E-state index in [0.717, 1.165) is 11.3 Å². The number of anilines is 1. The highest BCUT2D eigenvalue weighted by Crippen LogP contribution is 2.26. The van der Waals surface area contributed by atoms with Crippen molar-refractivity contribution in [3.05, 3.63) is 59.1 Å². The number of nitrogens with zero attached hydrogens (tertiary/aromatic N) is 2. The van der Waals surface area contributed by atoms with Gasteiger partial charge in [-0.3, -0.25) is 0 Å². The molecule has 2 N–H and O–H groups in total. The highest BCUT2D eigenvalue weighted by atomic mass is 35.5. The van der Waals surface area contributed by atoms with Crippen molar-refractivity contribution in [3.63, 3.8) is 0 Å². The highest BCUT2D eigenvalue weighted by molar-refractivity contribution is 7.89. The number of piperazine rings is 1. The van der Waals surface area contributed by atoms with Gasteiger partial charge >= 0.3 is 6.03 Å². The molecule has 0 radical (unpaired) electrons. The van der Waals surface area contributed by atoms with Gasteiger partial charge in [-0.25, -0.2) is 17.9 Å². The first-order valence-corrected chi connectivity index (χ1v) is 10.8. The Bertz CT molecular complexity index is 944. The van der Waals surface area contributed by atoms with E-state index in [0.29, 0.717) is 31.2 Å². The quantitative estimate of drug-likeness (QED) is 0.774. The lowest BCUT2D eigenvalue weighted by molar-refractivity contribution is 0.194. The maximum absolute atomic E-state index is 12.5. The van der Waals surface area contributed by atoms with Crippen molar-refractivity contribution >= 4 is 33.3 Å². The van der Waals surface area contributed by atoms with Crippen molar-refractivity contribution in [1.82, 2.24) is 14.9 Å². The largest absolute Gasteiger partial charge is 0.367 e. The summed E-state index contributed by atoms with van der Waals surface area (Å²) in [6.07, 6.45) is 0. The van der Waals surface area contributed by atoms with Crippen LogP contribution in [0.1, 0.15) is 5.56 Å². The molecule has 1 fully saturated rings. The molecule has 1 heterocycles. The molecule has 3 rings (SSSR count). The molecule has 0 unspecified atom stereocenters. The summed E-state index contributed by atoms with van der Waals surface area (Å²) in [5, 5.41) is 3.56. The van der Waals surface area contributed by atoms with Crippen LogP contribution >= 0.6 is 11.6 Å². The Morgan fingerprint density at radius 2 is 1.79 bits per heavy atom. The van der Waals surface area contributed by atoms with E-state index in [9.17, 15) is 13.2 Å². The molecule has 9 heteroatoms. The second kappa shape index (κ2) is 8.81. The van der Waals surface area contributed by atoms with E-state index in [4.69, 9.17) is 11.6 Å². The molecule has 28 heavy (non-hydrogen) atoms. The normalized spacial score (nSPS) is 14.8. The van der Waals surface area contributed by atoms with Crippen molar-refractivity contribution in [2.75, 3.05) is 38.1 Å². The Hall–Kier alpha value is -2.29. The number of hydrogen-bond donors (Lipinski definition) is 2. The number of sulfonamides is 1. The van der Waals surface area contributed by atoms with Crippen LogP contribution in [0.25, 0.3) is 0 Å². The minimum absolute atomic E-state index is 0.166. The van der Waals surface area contributed by atoms with Crippen molar-refractivity contribution in [3.8, 4) is 0 Å². The second-order valence-electron chi connectivity index (χ2n) is 6.44. The minimum atomic E-state index is -3.51. The number of rotatable bonds is 5. The molecule has 2 aromatic rings. The fourth-order valence-corrected chi connectivity index (χ4v) is 4.14. The van der Waals surface area contributed by atoms with Gasteiger partial charge in [0.2, 0.25) is 10.0 Å². The summed E-state index contributed by atoms with van der Waals surface area (Å²) < 4.78 is 26.1. The van der Waals surface area contributed by atoms with Gasteiger partial charge in [0.25, 0.3) is 0 Å². The SMILES string of the molecule is CNS(=O)(=O)c1cccc(CNC(=O)N2CCN(c3ccccc3Cl)CC2)c1. The molecule has 0 saturated carbocycles. The Morgan fingerprint density at radius 3 is 2.46 bits per heavy atom. The topological polar surface area (TPSA) is 81.8 Å². The van der Waals surface area contributed by atoms with Crippen LogP contribution in [0.3, 0.4) is 0 Å². The summed E-state index contributed by atoms with van der Waals surface area (Å²) >= 11 is 6.25. The molecule has 2 aromatic carbocycles. The molecule has 2 amide bonds. The van der Waals surface area contributed by atoms with Crippen LogP contribution in [-0.4, -0.2) is 52.6 Å². The van der Waals surface area contributed by atoms with E-state index in [1.807, 2.05) is 24.3 Å². The third kappa shape index (κ3) is 4.76. The Kier molecular flexibility index (Phi) is 6.43. The summed E-state index contributed by atoms with van der Waals surface area (Å²) in [6.45, 7) is 2.84. The van der Waals surface area contributed by atoms with Crippen LogP contribution in [0.15, 0.2) is 53.4 Å². The van der Waals surface area contributed by atoms with Crippen LogP contribution in [0.2, 0.25) is 5.02 Å². The van der Waals surface area contributed by atoms with Gasteiger partial charge in [-0.1, -0.05) is 35.9 Å². The number of halogens is 1. The lowest BCUT2D eigenvalue weighted by atomic mass is 10.2. The van der Waals surface area contributed by atoms with Crippen molar-refractivity contribution in [2.24, 2.45) is 0 Å². The van der Waals surface area contributed by atoms with Gasteiger partial charge in [-0.05, 0) is 36.9 Å². The smallest absolute Gasteiger partial charge is 0.317 e. The third-order valence-electron chi connectivity index (χ3n) is 4.68. The molecule has 0 aliphatic carbocycles. The molecular weight excluding hydrogens is 400 g/mol. The van der Waals surface area contributed by atoms with Crippen LogP contribution in [0.5, 0.6) is 0 Å². The second-order valence-corrected chi connectivity index (χ2v) is 8.73. The first-order chi connectivity index (χ1) is 13.4. The van der Waals surface area contributed by atoms with Gasteiger partial charge in [0, 0.05) is 32.7 Å². The molecule has 7 nitrogen and oxygen atoms in total. The summed E-state index contributed by atoms with van der Waals surface area (Å²) in [6, 6.07) is 14.0. The van der Waals surface area contributed by atoms with Crippen molar-refractivity contribution < 1.29 is 13.2 Å².